The van der Waals surface area contributed by atoms with Gasteiger partial charge in [-0.15, -0.1) is 0 Å². The van der Waals surface area contributed by atoms with Crippen LogP contribution in [0.15, 0.2) is 18.2 Å². The summed E-state index contributed by atoms with van der Waals surface area (Å²) in [7, 11) is 0. The Morgan fingerprint density at radius 3 is 2.87 bits per heavy atom. The topological polar surface area (TPSA) is 105 Å². The van der Waals surface area contributed by atoms with Crippen molar-refractivity contribution in [3.05, 3.63) is 23.8 Å². The van der Waals surface area contributed by atoms with E-state index in [2.05, 4.69) is 5.32 Å². The monoisotopic (exact) mass is 320 g/mol. The van der Waals surface area contributed by atoms with Crippen molar-refractivity contribution in [1.29, 1.82) is 0 Å². The molecule has 1 unspecified atom stereocenters. The molecule has 122 valence electrons. The average molecular weight is 320 g/mol. The lowest BCUT2D eigenvalue weighted by Gasteiger charge is -2.28. The highest BCUT2D eigenvalue weighted by atomic mass is 16.7. The van der Waals surface area contributed by atoms with Gasteiger partial charge in [-0.2, -0.15) is 0 Å². The fourth-order valence-electron chi connectivity index (χ4n) is 2.65. The summed E-state index contributed by atoms with van der Waals surface area (Å²) in [6.07, 6.45) is 0.234. The van der Waals surface area contributed by atoms with Crippen LogP contribution in [-0.4, -0.2) is 54.2 Å². The van der Waals surface area contributed by atoms with Gasteiger partial charge >= 0.3 is 17.8 Å². The number of carbonyl (C=O) groups is 3. The molecule has 0 spiro atoms. The van der Waals surface area contributed by atoms with Crippen LogP contribution in [0.25, 0.3) is 0 Å². The number of piperazine rings is 1. The summed E-state index contributed by atoms with van der Waals surface area (Å²) in [6.45, 7) is 0.797. The molecule has 1 atom stereocenters. The summed E-state index contributed by atoms with van der Waals surface area (Å²) < 4.78 is 10.5. The molecule has 0 radical (unpaired) electrons. The van der Waals surface area contributed by atoms with Crippen LogP contribution in [0.3, 0.4) is 0 Å². The van der Waals surface area contributed by atoms with Crippen molar-refractivity contribution in [1.82, 2.24) is 10.2 Å². The number of benzene rings is 1. The van der Waals surface area contributed by atoms with E-state index in [9.17, 15) is 19.5 Å². The van der Waals surface area contributed by atoms with Gasteiger partial charge in [0.15, 0.2) is 11.5 Å². The van der Waals surface area contributed by atoms with Crippen molar-refractivity contribution in [3.63, 3.8) is 0 Å². The molecular weight excluding hydrogens is 304 g/mol. The second kappa shape index (κ2) is 6.15. The summed E-state index contributed by atoms with van der Waals surface area (Å²) in [6, 6.07) is 5.24. The number of carboxylic acids is 1. The quantitative estimate of drug-likeness (QED) is 0.716. The highest BCUT2D eigenvalue weighted by molar-refractivity contribution is 6.35. The van der Waals surface area contributed by atoms with Gasteiger partial charge in [0, 0.05) is 19.6 Å². The SMILES string of the molecule is O=C1NCCN(CC(Cc2ccc3c(c2)OCO3)C(=O)O)C1=O. The third kappa shape index (κ3) is 3.20. The molecule has 2 N–H and O–H groups in total. The number of carbonyl (C=O) groups excluding carboxylic acids is 2. The van der Waals surface area contributed by atoms with E-state index in [4.69, 9.17) is 9.47 Å². The summed E-state index contributed by atoms with van der Waals surface area (Å²) in [5, 5.41) is 11.9. The van der Waals surface area contributed by atoms with Gasteiger partial charge in [-0.05, 0) is 24.1 Å². The molecule has 1 aromatic rings. The molecule has 2 amide bonds. The number of hydrogen-bond acceptors (Lipinski definition) is 5. The lowest BCUT2D eigenvalue weighted by atomic mass is 9.98. The Labute approximate surface area is 132 Å². The number of rotatable bonds is 5. The van der Waals surface area contributed by atoms with Crippen molar-refractivity contribution in [2.75, 3.05) is 26.4 Å². The fourth-order valence-corrected chi connectivity index (χ4v) is 2.65. The van der Waals surface area contributed by atoms with Crippen molar-refractivity contribution in [2.24, 2.45) is 5.92 Å². The number of hydrogen-bond donors (Lipinski definition) is 2. The van der Waals surface area contributed by atoms with Crippen LogP contribution in [-0.2, 0) is 20.8 Å². The van der Waals surface area contributed by atoms with Gasteiger partial charge in [0.1, 0.15) is 0 Å². The zero-order chi connectivity index (χ0) is 16.4. The lowest BCUT2D eigenvalue weighted by molar-refractivity contribution is -0.150. The molecule has 2 aliphatic rings. The van der Waals surface area contributed by atoms with Crippen LogP contribution in [0.1, 0.15) is 5.56 Å². The van der Waals surface area contributed by atoms with Gasteiger partial charge < -0.3 is 24.8 Å². The molecule has 2 heterocycles. The normalized spacial score (nSPS) is 17.8. The molecule has 0 bridgehead atoms. The minimum absolute atomic E-state index is 0.00394. The average Bonchev–Trinajstić information content (AvgIpc) is 2.98. The van der Waals surface area contributed by atoms with E-state index >= 15 is 0 Å². The first kappa shape index (κ1) is 15.1. The van der Waals surface area contributed by atoms with E-state index < -0.39 is 23.7 Å². The Hall–Kier alpha value is -2.77. The van der Waals surface area contributed by atoms with Gasteiger partial charge in [-0.3, -0.25) is 14.4 Å². The predicted molar refractivity (Wildman–Crippen MR) is 77.0 cm³/mol. The molecule has 8 nitrogen and oxygen atoms in total. The number of ether oxygens (including phenoxy) is 2. The van der Waals surface area contributed by atoms with E-state index in [1.54, 1.807) is 18.2 Å². The maximum absolute atomic E-state index is 11.8. The van der Waals surface area contributed by atoms with Gasteiger partial charge in [-0.1, -0.05) is 6.07 Å². The Morgan fingerprint density at radius 1 is 1.30 bits per heavy atom. The van der Waals surface area contributed by atoms with Crippen molar-refractivity contribution < 1.29 is 29.0 Å². The number of nitrogens with zero attached hydrogens (tertiary/aromatic N) is 1. The standard InChI is InChI=1S/C15H16N2O6/c18-13-14(19)17(4-3-16-13)7-10(15(20)21)5-9-1-2-11-12(6-9)23-8-22-11/h1-2,6,10H,3-5,7-8H2,(H,16,18)(H,20,21). The van der Waals surface area contributed by atoms with Gasteiger partial charge in [0.25, 0.3) is 0 Å². The van der Waals surface area contributed by atoms with Crippen LogP contribution in [0, 0.1) is 5.92 Å². The summed E-state index contributed by atoms with van der Waals surface area (Å²) in [4.78, 5) is 35.9. The van der Waals surface area contributed by atoms with Crippen LogP contribution >= 0.6 is 0 Å². The molecule has 0 saturated carbocycles. The third-order valence-electron chi connectivity index (χ3n) is 3.86. The zero-order valence-corrected chi connectivity index (χ0v) is 12.3. The van der Waals surface area contributed by atoms with Crippen LogP contribution in [0.4, 0.5) is 0 Å². The van der Waals surface area contributed by atoms with E-state index in [1.807, 2.05) is 0 Å². The molecule has 0 aliphatic carbocycles. The Kier molecular flexibility index (Phi) is 4.05. The maximum atomic E-state index is 11.8. The molecule has 0 aromatic heterocycles. The van der Waals surface area contributed by atoms with E-state index in [-0.39, 0.29) is 19.8 Å². The van der Waals surface area contributed by atoms with Crippen LogP contribution in [0.5, 0.6) is 11.5 Å². The largest absolute Gasteiger partial charge is 0.481 e. The summed E-state index contributed by atoms with van der Waals surface area (Å²) >= 11 is 0. The lowest BCUT2D eigenvalue weighted by Crippen LogP contribution is -2.54. The fraction of sp³-hybridized carbons (Fsp3) is 0.400. The smallest absolute Gasteiger partial charge is 0.311 e. The Bertz CT molecular complexity index is 659. The number of nitrogens with one attached hydrogen (secondary N) is 1. The second-order valence-electron chi connectivity index (χ2n) is 5.43. The van der Waals surface area contributed by atoms with E-state index in [0.29, 0.717) is 24.6 Å². The van der Waals surface area contributed by atoms with Gasteiger partial charge in [0.05, 0.1) is 5.92 Å². The highest BCUT2D eigenvalue weighted by Crippen LogP contribution is 2.33. The van der Waals surface area contributed by atoms with Crippen LogP contribution < -0.4 is 14.8 Å². The maximum Gasteiger partial charge on any atom is 0.311 e. The van der Waals surface area contributed by atoms with Crippen molar-refractivity contribution >= 4 is 17.8 Å². The van der Waals surface area contributed by atoms with Crippen molar-refractivity contribution in [2.45, 2.75) is 6.42 Å². The summed E-state index contributed by atoms with van der Waals surface area (Å²) in [5.74, 6) is -1.98. The first-order valence-electron chi connectivity index (χ1n) is 7.23. The Balaban J connectivity index is 1.70. The second-order valence-corrected chi connectivity index (χ2v) is 5.43. The minimum atomic E-state index is -1.01. The van der Waals surface area contributed by atoms with Crippen molar-refractivity contribution in [3.8, 4) is 11.5 Å². The third-order valence-corrected chi connectivity index (χ3v) is 3.86. The summed E-state index contributed by atoms with van der Waals surface area (Å²) in [5.41, 5.74) is 0.774. The zero-order valence-electron chi connectivity index (χ0n) is 12.3. The molecule has 23 heavy (non-hydrogen) atoms. The molecule has 3 rings (SSSR count). The van der Waals surface area contributed by atoms with E-state index in [1.165, 1.54) is 4.90 Å². The number of carboxylic acid groups (broad SMARTS) is 1. The Morgan fingerprint density at radius 2 is 2.09 bits per heavy atom. The number of aliphatic carboxylic acids is 1. The molecule has 1 saturated heterocycles. The number of amides is 2. The minimum Gasteiger partial charge on any atom is -0.481 e. The molecule has 8 heteroatoms. The highest BCUT2D eigenvalue weighted by Gasteiger charge is 2.30. The molecule has 1 aromatic carbocycles. The van der Waals surface area contributed by atoms with Crippen LogP contribution in [0.2, 0.25) is 0 Å². The first-order chi connectivity index (χ1) is 11.0. The predicted octanol–water partition coefficient (Wildman–Crippen LogP) is -0.383. The molecule has 1 fully saturated rings. The molecular formula is C15H16N2O6. The van der Waals surface area contributed by atoms with Gasteiger partial charge in [0.2, 0.25) is 6.79 Å². The molecule has 2 aliphatic heterocycles. The van der Waals surface area contributed by atoms with Gasteiger partial charge in [-0.25, -0.2) is 0 Å². The number of fused-ring (bicyclic) bond motifs is 1. The first-order valence-corrected chi connectivity index (χ1v) is 7.23. The van der Waals surface area contributed by atoms with E-state index in [0.717, 1.165) is 5.56 Å².